The average molecular weight is 266 g/mol. The van der Waals surface area contributed by atoms with E-state index in [4.69, 9.17) is 9.47 Å². The molecule has 104 valence electrons. The number of carbonyl (C=O) groups excluding carboxylic acids is 1. The van der Waals surface area contributed by atoms with E-state index in [1.165, 1.54) is 12.1 Å². The summed E-state index contributed by atoms with van der Waals surface area (Å²) >= 11 is 0. The molecule has 19 heavy (non-hydrogen) atoms. The van der Waals surface area contributed by atoms with E-state index in [9.17, 15) is 15.0 Å². The topological polar surface area (TPSA) is 76.0 Å². The number of carbonyl (C=O) groups is 1. The number of benzene rings is 1. The first-order chi connectivity index (χ1) is 8.79. The van der Waals surface area contributed by atoms with E-state index in [-0.39, 0.29) is 11.5 Å². The number of fused-ring (bicyclic) bond motifs is 1. The number of ether oxygens (including phenoxy) is 2. The van der Waals surface area contributed by atoms with Crippen LogP contribution in [0.2, 0.25) is 0 Å². The molecule has 1 aromatic carbocycles. The lowest BCUT2D eigenvalue weighted by molar-refractivity contribution is -0.143. The number of esters is 1. The van der Waals surface area contributed by atoms with Crippen molar-refractivity contribution in [3.8, 4) is 17.2 Å². The summed E-state index contributed by atoms with van der Waals surface area (Å²) in [6.45, 7) is 5.60. The molecule has 0 fully saturated rings. The smallest absolute Gasteiger partial charge is 0.316 e. The molecule has 0 amide bonds. The normalized spacial score (nSPS) is 18.4. The van der Waals surface area contributed by atoms with Crippen LogP contribution in [0.1, 0.15) is 38.9 Å². The van der Waals surface area contributed by atoms with Crippen LogP contribution < -0.4 is 9.47 Å². The van der Waals surface area contributed by atoms with E-state index in [2.05, 4.69) is 0 Å². The Labute approximate surface area is 111 Å². The number of aliphatic hydroxyl groups is 1. The van der Waals surface area contributed by atoms with Crippen molar-refractivity contribution in [3.63, 3.8) is 0 Å². The van der Waals surface area contributed by atoms with Gasteiger partial charge in [0.05, 0.1) is 23.7 Å². The number of phenolic OH excluding ortho intramolecular Hbond substituents is 1. The Balaban J connectivity index is 2.30. The maximum absolute atomic E-state index is 11.8. The van der Waals surface area contributed by atoms with Crippen molar-refractivity contribution in [1.29, 1.82) is 0 Å². The zero-order valence-corrected chi connectivity index (χ0v) is 11.3. The van der Waals surface area contributed by atoms with Gasteiger partial charge in [-0.1, -0.05) is 0 Å². The lowest BCUT2D eigenvalue weighted by atomic mass is 9.97. The standard InChI is InChI=1S/C14H18O5/c1-14(2,3)13(17)19-8-6-10(16)12-9(15)4-5-18-11(12)7-8/h6-7,9,15-16H,4-5H2,1-3H3. The molecule has 1 atom stereocenters. The second-order valence-corrected chi connectivity index (χ2v) is 5.65. The molecule has 1 aliphatic rings. The van der Waals surface area contributed by atoms with Crippen molar-refractivity contribution in [3.05, 3.63) is 17.7 Å². The number of aliphatic hydroxyl groups excluding tert-OH is 1. The second kappa shape index (κ2) is 4.74. The maximum Gasteiger partial charge on any atom is 0.316 e. The Kier molecular flexibility index (Phi) is 3.41. The summed E-state index contributed by atoms with van der Waals surface area (Å²) in [6.07, 6.45) is -0.321. The van der Waals surface area contributed by atoms with E-state index in [0.29, 0.717) is 24.3 Å². The molecule has 0 radical (unpaired) electrons. The summed E-state index contributed by atoms with van der Waals surface area (Å²) in [6, 6.07) is 2.83. The highest BCUT2D eigenvalue weighted by Crippen LogP contribution is 2.41. The van der Waals surface area contributed by atoms with E-state index >= 15 is 0 Å². The average Bonchev–Trinajstić information content (AvgIpc) is 2.27. The van der Waals surface area contributed by atoms with Crippen molar-refractivity contribution in [2.45, 2.75) is 33.3 Å². The van der Waals surface area contributed by atoms with E-state index < -0.39 is 17.5 Å². The summed E-state index contributed by atoms with van der Waals surface area (Å²) in [5.74, 6) is 0.0466. The Hall–Kier alpha value is -1.75. The molecule has 5 nitrogen and oxygen atoms in total. The third-order valence-corrected chi connectivity index (χ3v) is 2.90. The first-order valence-corrected chi connectivity index (χ1v) is 6.19. The van der Waals surface area contributed by atoms with Gasteiger partial charge in [-0.2, -0.15) is 0 Å². The molecule has 1 heterocycles. The van der Waals surface area contributed by atoms with Gasteiger partial charge in [0.1, 0.15) is 17.2 Å². The summed E-state index contributed by atoms with van der Waals surface area (Å²) in [5, 5.41) is 19.7. The SMILES string of the molecule is CC(C)(C)C(=O)Oc1cc(O)c2c(c1)OCCC2O. The Morgan fingerprint density at radius 2 is 2.11 bits per heavy atom. The van der Waals surface area contributed by atoms with Crippen molar-refractivity contribution in [2.75, 3.05) is 6.61 Å². The Morgan fingerprint density at radius 1 is 1.42 bits per heavy atom. The quantitative estimate of drug-likeness (QED) is 0.601. The van der Waals surface area contributed by atoms with Gasteiger partial charge in [0.2, 0.25) is 0 Å². The zero-order chi connectivity index (χ0) is 14.2. The highest BCUT2D eigenvalue weighted by atomic mass is 16.5. The third kappa shape index (κ3) is 2.81. The van der Waals surface area contributed by atoms with Crippen LogP contribution in [-0.2, 0) is 4.79 Å². The van der Waals surface area contributed by atoms with E-state index in [0.717, 1.165) is 0 Å². The van der Waals surface area contributed by atoms with E-state index in [1.54, 1.807) is 20.8 Å². The monoisotopic (exact) mass is 266 g/mol. The van der Waals surface area contributed by atoms with Gasteiger partial charge < -0.3 is 19.7 Å². The molecular formula is C14H18O5. The van der Waals surface area contributed by atoms with Crippen molar-refractivity contribution >= 4 is 5.97 Å². The largest absolute Gasteiger partial charge is 0.507 e. The molecule has 0 saturated heterocycles. The van der Waals surface area contributed by atoms with Crippen LogP contribution in [0.4, 0.5) is 0 Å². The van der Waals surface area contributed by atoms with Crippen molar-refractivity contribution < 1.29 is 24.5 Å². The fourth-order valence-electron chi connectivity index (χ4n) is 1.79. The maximum atomic E-state index is 11.8. The molecule has 0 bridgehead atoms. The highest BCUT2D eigenvalue weighted by molar-refractivity contribution is 5.78. The predicted octanol–water partition coefficient (Wildman–Crippen LogP) is 2.16. The summed E-state index contributed by atoms with van der Waals surface area (Å²) in [4.78, 5) is 11.8. The van der Waals surface area contributed by atoms with Gasteiger partial charge in [-0.05, 0) is 20.8 Å². The molecule has 2 N–H and O–H groups in total. The first-order valence-electron chi connectivity index (χ1n) is 6.19. The van der Waals surface area contributed by atoms with Gasteiger partial charge in [-0.15, -0.1) is 0 Å². The number of hydrogen-bond acceptors (Lipinski definition) is 5. The molecule has 0 spiro atoms. The van der Waals surface area contributed by atoms with Crippen molar-refractivity contribution in [2.24, 2.45) is 5.41 Å². The van der Waals surface area contributed by atoms with Crippen LogP contribution in [-0.4, -0.2) is 22.8 Å². The first kappa shape index (κ1) is 13.7. The Bertz CT molecular complexity index is 501. The van der Waals surface area contributed by atoms with Crippen LogP contribution in [0.3, 0.4) is 0 Å². The number of phenols is 1. The number of aromatic hydroxyl groups is 1. The van der Waals surface area contributed by atoms with Gasteiger partial charge in [-0.3, -0.25) is 4.79 Å². The molecule has 1 aliphatic heterocycles. The molecule has 1 unspecified atom stereocenters. The Morgan fingerprint density at radius 3 is 2.74 bits per heavy atom. The van der Waals surface area contributed by atoms with Crippen LogP contribution in [0.15, 0.2) is 12.1 Å². The van der Waals surface area contributed by atoms with Crippen LogP contribution in [0.5, 0.6) is 17.2 Å². The van der Waals surface area contributed by atoms with Gasteiger partial charge in [-0.25, -0.2) is 0 Å². The third-order valence-electron chi connectivity index (χ3n) is 2.90. The lowest BCUT2D eigenvalue weighted by Crippen LogP contribution is -2.25. The molecule has 1 aromatic rings. The molecule has 0 aliphatic carbocycles. The number of hydrogen-bond donors (Lipinski definition) is 2. The summed E-state index contributed by atoms with van der Waals surface area (Å²) in [5.41, 5.74) is -0.284. The number of rotatable bonds is 1. The molecule has 0 saturated carbocycles. The molecule has 2 rings (SSSR count). The van der Waals surface area contributed by atoms with Crippen LogP contribution in [0.25, 0.3) is 0 Å². The second-order valence-electron chi connectivity index (χ2n) is 5.65. The van der Waals surface area contributed by atoms with E-state index in [1.807, 2.05) is 0 Å². The van der Waals surface area contributed by atoms with Gasteiger partial charge >= 0.3 is 5.97 Å². The van der Waals surface area contributed by atoms with Crippen LogP contribution in [0, 0.1) is 5.41 Å². The molecule has 5 heteroatoms. The van der Waals surface area contributed by atoms with Gasteiger partial charge in [0.15, 0.2) is 0 Å². The fraction of sp³-hybridized carbons (Fsp3) is 0.500. The van der Waals surface area contributed by atoms with Gasteiger partial charge in [0, 0.05) is 18.6 Å². The summed E-state index contributed by atoms with van der Waals surface area (Å²) < 4.78 is 10.6. The molecular weight excluding hydrogens is 248 g/mol. The minimum absolute atomic E-state index is 0.124. The minimum Gasteiger partial charge on any atom is -0.507 e. The zero-order valence-electron chi connectivity index (χ0n) is 11.3. The fourth-order valence-corrected chi connectivity index (χ4v) is 1.79. The van der Waals surface area contributed by atoms with Gasteiger partial charge in [0.25, 0.3) is 0 Å². The van der Waals surface area contributed by atoms with Crippen molar-refractivity contribution in [1.82, 2.24) is 0 Å². The molecule has 0 aromatic heterocycles. The predicted molar refractivity (Wildman–Crippen MR) is 68.3 cm³/mol. The highest BCUT2D eigenvalue weighted by Gasteiger charge is 2.27. The van der Waals surface area contributed by atoms with Crippen LogP contribution >= 0.6 is 0 Å². The summed E-state index contributed by atoms with van der Waals surface area (Å²) in [7, 11) is 0. The lowest BCUT2D eigenvalue weighted by Gasteiger charge is -2.24. The minimum atomic E-state index is -0.754.